The predicted molar refractivity (Wildman–Crippen MR) is 148 cm³/mol. The molecular formula is C25H19BrI2N2O2. The molecule has 3 aromatic rings. The number of ether oxygens (including phenoxy) is 1. The molecule has 0 aliphatic heterocycles. The highest BCUT2D eigenvalue weighted by Gasteiger charge is 2.13. The number of rotatable bonds is 7. The van der Waals surface area contributed by atoms with Crippen molar-refractivity contribution in [1.29, 1.82) is 5.26 Å². The van der Waals surface area contributed by atoms with Crippen molar-refractivity contribution in [3.63, 3.8) is 0 Å². The summed E-state index contributed by atoms with van der Waals surface area (Å²) in [5, 5.41) is 12.3. The van der Waals surface area contributed by atoms with Gasteiger partial charge in [-0.1, -0.05) is 47.1 Å². The third kappa shape index (κ3) is 6.80. The zero-order chi connectivity index (χ0) is 23.1. The van der Waals surface area contributed by atoms with E-state index in [1.165, 1.54) is 5.56 Å². The summed E-state index contributed by atoms with van der Waals surface area (Å²) in [4.78, 5) is 12.6. The van der Waals surface area contributed by atoms with E-state index in [9.17, 15) is 10.1 Å². The van der Waals surface area contributed by atoms with E-state index in [4.69, 9.17) is 4.74 Å². The average Bonchev–Trinajstić information content (AvgIpc) is 2.78. The number of benzene rings is 3. The molecule has 0 radical (unpaired) electrons. The Hall–Kier alpha value is -1.90. The molecule has 0 atom stereocenters. The van der Waals surface area contributed by atoms with Gasteiger partial charge in [0.1, 0.15) is 24.0 Å². The molecule has 7 heteroatoms. The van der Waals surface area contributed by atoms with E-state index in [1.807, 2.05) is 66.7 Å². The molecule has 1 N–H and O–H groups in total. The van der Waals surface area contributed by atoms with Crippen LogP contribution in [0, 0.1) is 18.5 Å². The van der Waals surface area contributed by atoms with Gasteiger partial charge in [0, 0.05) is 10.2 Å². The van der Waals surface area contributed by atoms with Gasteiger partial charge in [-0.15, -0.1) is 0 Å². The fourth-order valence-corrected chi connectivity index (χ4v) is 5.27. The van der Waals surface area contributed by atoms with Crippen molar-refractivity contribution in [2.75, 3.05) is 5.32 Å². The molecule has 0 aliphatic carbocycles. The summed E-state index contributed by atoms with van der Waals surface area (Å²) in [5.41, 5.74) is 3.72. The lowest BCUT2D eigenvalue weighted by Crippen LogP contribution is -2.13. The molecule has 1 amide bonds. The summed E-state index contributed by atoms with van der Waals surface area (Å²) in [5.74, 6) is 0.350. The van der Waals surface area contributed by atoms with E-state index in [0.717, 1.165) is 34.9 Å². The molecule has 0 unspecified atom stereocenters. The number of halogens is 3. The molecule has 0 aliphatic rings. The number of nitrogens with zero attached hydrogens (tertiary/aromatic N) is 1. The van der Waals surface area contributed by atoms with Crippen LogP contribution in [0.15, 0.2) is 70.7 Å². The molecule has 3 aromatic carbocycles. The lowest BCUT2D eigenvalue weighted by Gasteiger charge is -2.12. The summed E-state index contributed by atoms with van der Waals surface area (Å²) in [6.45, 7) is 2.53. The Morgan fingerprint density at radius 1 is 1.06 bits per heavy atom. The van der Waals surface area contributed by atoms with E-state index in [1.54, 1.807) is 6.08 Å². The Morgan fingerprint density at radius 2 is 1.66 bits per heavy atom. The molecule has 0 heterocycles. The molecule has 0 saturated carbocycles. The topological polar surface area (TPSA) is 62.1 Å². The smallest absolute Gasteiger partial charge is 0.266 e. The van der Waals surface area contributed by atoms with Crippen molar-refractivity contribution in [3.05, 3.63) is 94.5 Å². The van der Waals surface area contributed by atoms with Gasteiger partial charge in [-0.2, -0.15) is 5.26 Å². The van der Waals surface area contributed by atoms with Crippen LogP contribution in [0.25, 0.3) is 6.08 Å². The number of nitrogens with one attached hydrogen (secondary N) is 1. The Kier molecular flexibility index (Phi) is 9.13. The number of anilines is 1. The molecule has 0 spiro atoms. The number of hydrogen-bond donors (Lipinski definition) is 1. The number of carbonyl (C=O) groups is 1. The van der Waals surface area contributed by atoms with Crippen LogP contribution in [-0.2, 0) is 17.8 Å². The van der Waals surface area contributed by atoms with Gasteiger partial charge < -0.3 is 10.1 Å². The van der Waals surface area contributed by atoms with Gasteiger partial charge >= 0.3 is 0 Å². The van der Waals surface area contributed by atoms with Crippen molar-refractivity contribution in [1.82, 2.24) is 0 Å². The Bertz CT molecular complexity index is 1160. The van der Waals surface area contributed by atoms with Gasteiger partial charge in [-0.25, -0.2) is 0 Å². The van der Waals surface area contributed by atoms with Gasteiger partial charge in [-0.05, 0) is 111 Å². The van der Waals surface area contributed by atoms with Crippen LogP contribution in [0.1, 0.15) is 23.6 Å². The summed E-state index contributed by atoms with van der Waals surface area (Å²) in [6, 6.07) is 21.4. The van der Waals surface area contributed by atoms with Gasteiger partial charge in [-0.3, -0.25) is 4.79 Å². The third-order valence-corrected chi connectivity index (χ3v) is 6.74. The van der Waals surface area contributed by atoms with Crippen LogP contribution < -0.4 is 10.1 Å². The number of aryl methyl sites for hydroxylation is 1. The molecule has 0 saturated heterocycles. The molecule has 3 rings (SSSR count). The zero-order valence-electron chi connectivity index (χ0n) is 17.2. The highest BCUT2D eigenvalue weighted by molar-refractivity contribution is 14.1. The monoisotopic (exact) mass is 712 g/mol. The van der Waals surface area contributed by atoms with Gasteiger partial charge in [0.05, 0.1) is 7.14 Å². The predicted octanol–water partition coefficient (Wildman–Crippen LogP) is 7.35. The minimum absolute atomic E-state index is 0.0414. The average molecular weight is 713 g/mol. The largest absolute Gasteiger partial charge is 0.487 e. The van der Waals surface area contributed by atoms with E-state index < -0.39 is 5.91 Å². The second-order valence-electron chi connectivity index (χ2n) is 6.90. The van der Waals surface area contributed by atoms with Crippen molar-refractivity contribution in [3.8, 4) is 11.8 Å². The summed E-state index contributed by atoms with van der Waals surface area (Å²) >= 11 is 7.85. The highest BCUT2D eigenvalue weighted by Crippen LogP contribution is 2.30. The number of amides is 1. The van der Waals surface area contributed by atoms with Crippen LogP contribution in [0.2, 0.25) is 0 Å². The molecule has 162 valence electrons. The highest BCUT2D eigenvalue weighted by atomic mass is 127. The zero-order valence-corrected chi connectivity index (χ0v) is 23.1. The van der Waals surface area contributed by atoms with Crippen molar-refractivity contribution < 1.29 is 9.53 Å². The molecule has 0 aromatic heterocycles. The molecule has 0 fully saturated rings. The van der Waals surface area contributed by atoms with Crippen LogP contribution in [0.5, 0.6) is 5.75 Å². The Balaban J connectivity index is 1.74. The first kappa shape index (κ1) is 24.7. The molecule has 4 nitrogen and oxygen atoms in total. The summed E-state index contributed by atoms with van der Waals surface area (Å²) < 4.78 is 8.87. The fraction of sp³-hybridized carbons (Fsp3) is 0.120. The first-order valence-electron chi connectivity index (χ1n) is 9.78. The SMILES string of the molecule is CCc1ccc(NC(=O)/C(C#N)=C/c2cc(I)c(OCc3ccc(Br)cc3)c(I)c2)cc1. The molecular weight excluding hydrogens is 694 g/mol. The fourth-order valence-electron chi connectivity index (χ4n) is 2.87. The van der Waals surface area contributed by atoms with E-state index in [2.05, 4.69) is 73.4 Å². The van der Waals surface area contributed by atoms with Gasteiger partial charge in [0.2, 0.25) is 0 Å². The lowest BCUT2D eigenvalue weighted by atomic mass is 10.1. The van der Waals surface area contributed by atoms with E-state index >= 15 is 0 Å². The minimum Gasteiger partial charge on any atom is -0.487 e. The van der Waals surface area contributed by atoms with Crippen molar-refractivity contribution >= 4 is 78.8 Å². The maximum Gasteiger partial charge on any atom is 0.266 e. The van der Waals surface area contributed by atoms with Gasteiger partial charge in [0.25, 0.3) is 5.91 Å². The summed E-state index contributed by atoms with van der Waals surface area (Å²) in [7, 11) is 0. The third-order valence-electron chi connectivity index (χ3n) is 4.61. The second kappa shape index (κ2) is 11.8. The van der Waals surface area contributed by atoms with E-state index in [-0.39, 0.29) is 5.57 Å². The number of carbonyl (C=O) groups excluding carboxylic acids is 1. The minimum atomic E-state index is -0.433. The maximum atomic E-state index is 12.6. The first-order valence-corrected chi connectivity index (χ1v) is 12.7. The van der Waals surface area contributed by atoms with Crippen LogP contribution >= 0.6 is 61.1 Å². The number of nitriles is 1. The molecule has 0 bridgehead atoms. The first-order chi connectivity index (χ1) is 15.4. The van der Waals surface area contributed by atoms with Crippen molar-refractivity contribution in [2.45, 2.75) is 20.0 Å². The van der Waals surface area contributed by atoms with Crippen LogP contribution in [0.4, 0.5) is 5.69 Å². The van der Waals surface area contributed by atoms with Crippen molar-refractivity contribution in [2.24, 2.45) is 0 Å². The van der Waals surface area contributed by atoms with Gasteiger partial charge in [0.15, 0.2) is 0 Å². The van der Waals surface area contributed by atoms with Crippen LogP contribution in [-0.4, -0.2) is 5.91 Å². The number of hydrogen-bond acceptors (Lipinski definition) is 3. The van der Waals surface area contributed by atoms with Crippen LogP contribution in [0.3, 0.4) is 0 Å². The van der Waals surface area contributed by atoms with E-state index in [0.29, 0.717) is 12.3 Å². The Labute approximate surface area is 223 Å². The standard InChI is InChI=1S/C25H19BrI2N2O2/c1-2-16-5-9-21(10-6-16)30-25(31)19(14-29)11-18-12-22(27)24(23(28)13-18)32-15-17-3-7-20(26)8-4-17/h3-13H,2,15H2,1H3,(H,30,31)/b19-11+. The quantitative estimate of drug-likeness (QED) is 0.159. The Morgan fingerprint density at radius 3 is 2.22 bits per heavy atom. The second-order valence-corrected chi connectivity index (χ2v) is 10.1. The lowest BCUT2D eigenvalue weighted by molar-refractivity contribution is -0.112. The maximum absolute atomic E-state index is 12.6. The molecule has 32 heavy (non-hydrogen) atoms. The summed E-state index contributed by atoms with van der Waals surface area (Å²) in [6.07, 6.45) is 2.52. The normalized spacial score (nSPS) is 11.0.